The first-order valence-corrected chi connectivity index (χ1v) is 13.3. The van der Waals surface area contributed by atoms with Gasteiger partial charge >= 0.3 is 0 Å². The van der Waals surface area contributed by atoms with Crippen LogP contribution in [0.3, 0.4) is 0 Å². The maximum absolute atomic E-state index is 12.7. The first-order valence-electron chi connectivity index (χ1n) is 12.3. The summed E-state index contributed by atoms with van der Waals surface area (Å²) in [5.74, 6) is 1.81. The van der Waals surface area contributed by atoms with Crippen LogP contribution in [0.4, 0.5) is 5.69 Å². The highest BCUT2D eigenvalue weighted by molar-refractivity contribution is 7.99. The van der Waals surface area contributed by atoms with E-state index in [1.165, 1.54) is 5.56 Å². The first-order chi connectivity index (χ1) is 16.2. The van der Waals surface area contributed by atoms with Gasteiger partial charge in [0.1, 0.15) is 0 Å². The summed E-state index contributed by atoms with van der Waals surface area (Å²) in [5, 5.41) is 10.5. The topological polar surface area (TPSA) is 85.9 Å². The van der Waals surface area contributed by atoms with Gasteiger partial charge in [-0.1, -0.05) is 12.1 Å². The van der Waals surface area contributed by atoms with E-state index in [0.717, 1.165) is 63.4 Å². The Bertz CT molecular complexity index is 843. The molecule has 0 radical (unpaired) electrons. The van der Waals surface area contributed by atoms with Gasteiger partial charge in [0.2, 0.25) is 11.8 Å². The molecule has 4 saturated heterocycles. The van der Waals surface area contributed by atoms with Crippen LogP contribution in [-0.2, 0) is 14.3 Å². The lowest BCUT2D eigenvalue weighted by Gasteiger charge is -2.25. The fraction of sp³-hybridized carbons (Fsp3) is 0.667. The Kier molecular flexibility index (Phi) is 7.52. The van der Waals surface area contributed by atoms with E-state index in [9.17, 15) is 9.59 Å². The molecule has 0 bridgehead atoms. The molecule has 4 atom stereocenters. The number of anilines is 1. The maximum atomic E-state index is 12.7. The van der Waals surface area contributed by atoms with Gasteiger partial charge in [0, 0.05) is 50.2 Å². The van der Waals surface area contributed by atoms with Crippen molar-refractivity contribution in [3.63, 3.8) is 0 Å². The molecule has 180 valence electrons. The Morgan fingerprint density at radius 1 is 1.15 bits per heavy atom. The standard InChI is InChI=1S/C24H35N5O3S/c30-22(15-28-8-10-32-11-9-28)26-19-5-3-4-17(12-19)23-27-21(16-33-23)18-13-20(25-14-18)24(31)29-6-1-2-7-29/h3-5,12,18,20-21,23,25,27H,1-2,6-11,13-16H2,(H,26,30). The Morgan fingerprint density at radius 2 is 1.97 bits per heavy atom. The van der Waals surface area contributed by atoms with Gasteiger partial charge in [0.15, 0.2) is 0 Å². The second-order valence-electron chi connectivity index (χ2n) is 9.54. The molecule has 0 saturated carbocycles. The van der Waals surface area contributed by atoms with Gasteiger partial charge < -0.3 is 20.3 Å². The van der Waals surface area contributed by atoms with Crippen molar-refractivity contribution in [1.82, 2.24) is 20.4 Å². The van der Waals surface area contributed by atoms with Crippen molar-refractivity contribution < 1.29 is 14.3 Å². The summed E-state index contributed by atoms with van der Waals surface area (Å²) in [6, 6.07) is 8.53. The van der Waals surface area contributed by atoms with Crippen LogP contribution in [-0.4, -0.2) is 91.9 Å². The highest BCUT2D eigenvalue weighted by atomic mass is 32.2. The number of morpholine rings is 1. The number of hydrogen-bond donors (Lipinski definition) is 3. The Hall–Kier alpha value is -1.65. The smallest absolute Gasteiger partial charge is 0.239 e. The van der Waals surface area contributed by atoms with Crippen molar-refractivity contribution in [2.45, 2.75) is 36.7 Å². The zero-order valence-corrected chi connectivity index (χ0v) is 19.9. The molecule has 4 heterocycles. The number of nitrogens with zero attached hydrogens (tertiary/aromatic N) is 2. The first kappa shape index (κ1) is 23.1. The summed E-state index contributed by atoms with van der Waals surface area (Å²) in [7, 11) is 0. The number of likely N-dealkylation sites (tertiary alicyclic amines) is 1. The quantitative estimate of drug-likeness (QED) is 0.574. The van der Waals surface area contributed by atoms with E-state index in [2.05, 4.69) is 33.0 Å². The van der Waals surface area contributed by atoms with E-state index in [4.69, 9.17) is 4.74 Å². The predicted molar refractivity (Wildman–Crippen MR) is 130 cm³/mol. The van der Waals surface area contributed by atoms with E-state index < -0.39 is 0 Å². The second-order valence-corrected chi connectivity index (χ2v) is 10.7. The van der Waals surface area contributed by atoms with Crippen molar-refractivity contribution in [3.8, 4) is 0 Å². The number of thioether (sulfide) groups is 1. The zero-order valence-electron chi connectivity index (χ0n) is 19.1. The van der Waals surface area contributed by atoms with Crippen LogP contribution in [0, 0.1) is 5.92 Å². The summed E-state index contributed by atoms with van der Waals surface area (Å²) in [5.41, 5.74) is 2.03. The minimum absolute atomic E-state index is 0.0182. The number of carbonyl (C=O) groups excluding carboxylic acids is 2. The molecule has 0 aliphatic carbocycles. The molecule has 5 rings (SSSR count). The van der Waals surface area contributed by atoms with Gasteiger partial charge in [-0.05, 0) is 42.9 Å². The van der Waals surface area contributed by atoms with Crippen molar-refractivity contribution >= 4 is 29.3 Å². The molecule has 1 aromatic rings. The zero-order chi connectivity index (χ0) is 22.6. The van der Waals surface area contributed by atoms with Gasteiger partial charge in [-0.2, -0.15) is 0 Å². The molecular weight excluding hydrogens is 438 g/mol. The average Bonchev–Trinajstić information content (AvgIpc) is 3.61. The lowest BCUT2D eigenvalue weighted by atomic mass is 9.97. The molecule has 9 heteroatoms. The second kappa shape index (κ2) is 10.7. The normalized spacial score (nSPS) is 30.6. The molecule has 33 heavy (non-hydrogen) atoms. The van der Waals surface area contributed by atoms with Gasteiger partial charge in [0.25, 0.3) is 0 Å². The molecular formula is C24H35N5O3S. The number of amides is 2. The monoisotopic (exact) mass is 473 g/mol. The molecule has 8 nitrogen and oxygen atoms in total. The maximum Gasteiger partial charge on any atom is 0.239 e. The van der Waals surface area contributed by atoms with Crippen molar-refractivity contribution in [1.29, 1.82) is 0 Å². The minimum Gasteiger partial charge on any atom is -0.379 e. The van der Waals surface area contributed by atoms with Crippen LogP contribution >= 0.6 is 11.8 Å². The van der Waals surface area contributed by atoms with Crippen molar-refractivity contribution in [2.24, 2.45) is 5.92 Å². The van der Waals surface area contributed by atoms with Crippen LogP contribution < -0.4 is 16.0 Å². The van der Waals surface area contributed by atoms with E-state index in [1.54, 1.807) is 0 Å². The minimum atomic E-state index is -0.0241. The molecule has 0 aromatic heterocycles. The average molecular weight is 474 g/mol. The van der Waals surface area contributed by atoms with Gasteiger partial charge in [-0.15, -0.1) is 11.8 Å². The Morgan fingerprint density at radius 3 is 2.79 bits per heavy atom. The van der Waals surface area contributed by atoms with Crippen LogP contribution in [0.1, 0.15) is 30.2 Å². The molecule has 1 aromatic carbocycles. The third-order valence-electron chi connectivity index (χ3n) is 7.20. The molecule has 2 amide bonds. The van der Waals surface area contributed by atoms with Crippen molar-refractivity contribution in [2.75, 3.05) is 63.6 Å². The fourth-order valence-corrected chi connectivity index (χ4v) is 6.69. The van der Waals surface area contributed by atoms with Crippen LogP contribution in [0.15, 0.2) is 24.3 Å². The highest BCUT2D eigenvalue weighted by Crippen LogP contribution is 2.37. The van der Waals surface area contributed by atoms with E-state index in [1.807, 2.05) is 28.8 Å². The molecule has 4 aliphatic heterocycles. The summed E-state index contributed by atoms with van der Waals surface area (Å²) < 4.78 is 5.35. The Balaban J connectivity index is 1.12. The molecule has 4 unspecified atom stereocenters. The lowest BCUT2D eigenvalue weighted by Crippen LogP contribution is -2.42. The largest absolute Gasteiger partial charge is 0.379 e. The summed E-state index contributed by atoms with van der Waals surface area (Å²) >= 11 is 1.91. The fourth-order valence-electron chi connectivity index (χ4n) is 5.31. The molecule has 4 aliphatic rings. The summed E-state index contributed by atoms with van der Waals surface area (Å²) in [6.07, 6.45) is 3.19. The van der Waals surface area contributed by atoms with E-state index >= 15 is 0 Å². The van der Waals surface area contributed by atoms with E-state index in [-0.39, 0.29) is 23.2 Å². The van der Waals surface area contributed by atoms with Crippen molar-refractivity contribution in [3.05, 3.63) is 29.8 Å². The number of rotatable bonds is 6. The van der Waals surface area contributed by atoms with Crippen LogP contribution in [0.5, 0.6) is 0 Å². The third-order valence-corrected chi connectivity index (χ3v) is 8.49. The molecule has 3 N–H and O–H groups in total. The SMILES string of the molecule is O=C(CN1CCOCC1)Nc1cccc(C2NC(C3CNC(C(=O)N4CCCC4)C3)CS2)c1. The third kappa shape index (κ3) is 5.71. The Labute approximate surface area is 200 Å². The number of carbonyl (C=O) groups is 2. The molecule has 4 fully saturated rings. The number of benzene rings is 1. The molecule has 0 spiro atoms. The van der Waals surface area contributed by atoms with Gasteiger partial charge in [-0.25, -0.2) is 0 Å². The lowest BCUT2D eigenvalue weighted by molar-refractivity contribution is -0.132. The number of ether oxygens (including phenoxy) is 1. The predicted octanol–water partition coefficient (Wildman–Crippen LogP) is 1.26. The van der Waals surface area contributed by atoms with Crippen LogP contribution in [0.25, 0.3) is 0 Å². The number of nitrogens with one attached hydrogen (secondary N) is 3. The summed E-state index contributed by atoms with van der Waals surface area (Å²) in [6.45, 7) is 6.12. The van der Waals surface area contributed by atoms with Crippen LogP contribution in [0.2, 0.25) is 0 Å². The van der Waals surface area contributed by atoms with Gasteiger partial charge in [-0.3, -0.25) is 19.8 Å². The number of hydrogen-bond acceptors (Lipinski definition) is 7. The van der Waals surface area contributed by atoms with Gasteiger partial charge in [0.05, 0.1) is 31.2 Å². The summed E-state index contributed by atoms with van der Waals surface area (Å²) in [4.78, 5) is 29.4. The highest BCUT2D eigenvalue weighted by Gasteiger charge is 2.39. The van der Waals surface area contributed by atoms with E-state index in [0.29, 0.717) is 31.7 Å².